The highest BCUT2D eigenvalue weighted by molar-refractivity contribution is 5.96. The smallest absolute Gasteiger partial charge is 0.255 e. The molecule has 4 aromatic heterocycles. The number of hydrogen-bond acceptors (Lipinski definition) is 3. The third kappa shape index (κ3) is 5.69. The van der Waals surface area contributed by atoms with Crippen LogP contribution in [0.25, 0.3) is 50.3 Å². The van der Waals surface area contributed by atoms with E-state index in [0.29, 0.717) is 5.75 Å². The Morgan fingerprint density at radius 1 is 0.653 bits per heavy atom. The molecule has 0 spiro atoms. The number of benzene rings is 3. The summed E-state index contributed by atoms with van der Waals surface area (Å²) >= 11 is 0. The molecule has 6 nitrogen and oxygen atoms in total. The highest BCUT2D eigenvalue weighted by Gasteiger charge is 2.30. The number of rotatable bonds is 4. The van der Waals surface area contributed by atoms with E-state index < -0.39 is 0 Å². The molecule has 7 rings (SSSR count). The number of imidazole rings is 1. The van der Waals surface area contributed by atoms with Crippen molar-refractivity contribution in [1.29, 1.82) is 0 Å². The van der Waals surface area contributed by atoms with Gasteiger partial charge < -0.3 is 9.67 Å². The van der Waals surface area contributed by atoms with E-state index in [9.17, 15) is 5.11 Å². The van der Waals surface area contributed by atoms with E-state index in [1.165, 1.54) is 11.1 Å². The van der Waals surface area contributed by atoms with Gasteiger partial charge in [0.2, 0.25) is 0 Å². The molecule has 0 unspecified atom stereocenters. The summed E-state index contributed by atoms with van der Waals surface area (Å²) in [7, 11) is 0. The lowest BCUT2D eigenvalue weighted by atomic mass is 9.79. The minimum Gasteiger partial charge on any atom is -0.504 e. The molecule has 0 atom stereocenters. The highest BCUT2D eigenvalue weighted by Crippen LogP contribution is 2.39. The van der Waals surface area contributed by atoms with Crippen LogP contribution in [0.1, 0.15) is 79.0 Å². The molecule has 0 amide bonds. The Hall–Kier alpha value is -5.23. The van der Waals surface area contributed by atoms with E-state index in [1.807, 2.05) is 18.6 Å². The normalized spacial score (nSPS) is 12.7. The summed E-state index contributed by atoms with van der Waals surface area (Å²) in [6, 6.07) is 27.5. The first kappa shape index (κ1) is 32.3. The maximum atomic E-state index is 11.9. The van der Waals surface area contributed by atoms with E-state index >= 15 is 0 Å². The Labute approximate surface area is 289 Å². The lowest BCUT2D eigenvalue weighted by Gasteiger charge is -2.26. The average Bonchev–Trinajstić information content (AvgIpc) is 3.63. The summed E-state index contributed by atoms with van der Waals surface area (Å²) in [5, 5.41) is 13.0. The van der Waals surface area contributed by atoms with Crippen molar-refractivity contribution in [3.05, 3.63) is 127 Å². The molecule has 0 saturated heterocycles. The Bertz CT molecular complexity index is 2360. The van der Waals surface area contributed by atoms with Gasteiger partial charge in [0.1, 0.15) is 0 Å². The predicted molar refractivity (Wildman–Crippen MR) is 200 cm³/mol. The molecule has 6 heteroatoms. The van der Waals surface area contributed by atoms with Crippen LogP contribution in [0.3, 0.4) is 0 Å². The van der Waals surface area contributed by atoms with E-state index in [-0.39, 0.29) is 16.2 Å². The molecule has 0 aliphatic heterocycles. The summed E-state index contributed by atoms with van der Waals surface area (Å²) in [5.41, 5.74) is 10.8. The van der Waals surface area contributed by atoms with Gasteiger partial charge in [0, 0.05) is 35.1 Å². The number of fused-ring (bicyclic) bond motifs is 2. The first-order valence-electron chi connectivity index (χ1n) is 17.0. The zero-order chi connectivity index (χ0) is 34.9. The van der Waals surface area contributed by atoms with Crippen molar-refractivity contribution in [2.45, 2.75) is 78.6 Å². The SMILES string of the molecule is CC(C)(C)c1ccnc(-c2cn(-c3ccccc3-n3c[n+](-c4cc(C(C)(C)C)cc(C(C)(C)C)c4O)c4ccccc43)c3cnccc23)c1. The van der Waals surface area contributed by atoms with Crippen molar-refractivity contribution >= 4 is 21.9 Å². The maximum absolute atomic E-state index is 11.9. The molecule has 4 heterocycles. The van der Waals surface area contributed by atoms with Crippen LogP contribution in [0.15, 0.2) is 110 Å². The molecule has 0 aliphatic carbocycles. The topological polar surface area (TPSA) is 59.8 Å². The van der Waals surface area contributed by atoms with Crippen LogP contribution in [0.2, 0.25) is 0 Å². The Kier molecular flexibility index (Phi) is 7.55. The number of para-hydroxylation sites is 4. The van der Waals surface area contributed by atoms with Gasteiger partial charge in [-0.05, 0) is 75.9 Å². The van der Waals surface area contributed by atoms with E-state index in [2.05, 4.69) is 172 Å². The largest absolute Gasteiger partial charge is 0.504 e. The van der Waals surface area contributed by atoms with Gasteiger partial charge in [0.25, 0.3) is 6.33 Å². The molecule has 0 radical (unpaired) electrons. The number of aromatic nitrogens is 5. The van der Waals surface area contributed by atoms with Crippen LogP contribution in [0.4, 0.5) is 0 Å². The fourth-order valence-electron chi connectivity index (χ4n) is 6.70. The van der Waals surface area contributed by atoms with E-state index in [0.717, 1.165) is 55.8 Å². The Balaban J connectivity index is 1.47. The van der Waals surface area contributed by atoms with Gasteiger partial charge >= 0.3 is 0 Å². The standard InChI is InChI=1S/C43H45N5O/c1-41(2,3)28-18-21-45-33(23-28)31-26-46(39-25-44-20-19-30(31)39)34-14-10-11-15-35(34)47-27-48(37-17-13-12-16-36(37)47)38-24-29(42(4,5)6)22-32(40(38)49)43(7,8)9/h10-27H,1-9H3/p+1. The van der Waals surface area contributed by atoms with Crippen LogP contribution >= 0.6 is 0 Å². The maximum Gasteiger partial charge on any atom is 0.255 e. The molecule has 248 valence electrons. The number of hydrogen-bond donors (Lipinski definition) is 1. The van der Waals surface area contributed by atoms with Crippen molar-refractivity contribution in [1.82, 2.24) is 19.1 Å². The van der Waals surface area contributed by atoms with Gasteiger partial charge in [-0.3, -0.25) is 9.97 Å². The van der Waals surface area contributed by atoms with E-state index in [1.54, 1.807) is 0 Å². The third-order valence-electron chi connectivity index (χ3n) is 9.57. The van der Waals surface area contributed by atoms with Crippen molar-refractivity contribution < 1.29 is 9.67 Å². The summed E-state index contributed by atoms with van der Waals surface area (Å²) in [6.45, 7) is 19.8. The van der Waals surface area contributed by atoms with Crippen molar-refractivity contribution in [3.8, 4) is 34.1 Å². The minimum atomic E-state index is -0.242. The van der Waals surface area contributed by atoms with Gasteiger partial charge in [-0.15, -0.1) is 0 Å². The van der Waals surface area contributed by atoms with Crippen LogP contribution < -0.4 is 4.57 Å². The van der Waals surface area contributed by atoms with E-state index in [4.69, 9.17) is 4.98 Å². The first-order valence-corrected chi connectivity index (χ1v) is 17.0. The van der Waals surface area contributed by atoms with Gasteiger partial charge in [0.05, 0.1) is 23.1 Å². The number of nitrogens with zero attached hydrogens (tertiary/aromatic N) is 5. The number of phenolic OH excluding ortho intramolecular Hbond substituents is 1. The second kappa shape index (κ2) is 11.4. The summed E-state index contributed by atoms with van der Waals surface area (Å²) in [5.74, 6) is 0.304. The van der Waals surface area contributed by atoms with Crippen molar-refractivity contribution in [2.75, 3.05) is 0 Å². The van der Waals surface area contributed by atoms with Gasteiger partial charge in [0.15, 0.2) is 28.2 Å². The fourth-order valence-corrected chi connectivity index (χ4v) is 6.70. The Morgan fingerprint density at radius 3 is 2.02 bits per heavy atom. The summed E-state index contributed by atoms with van der Waals surface area (Å²) in [4.78, 5) is 9.37. The molecule has 0 bridgehead atoms. The quantitative estimate of drug-likeness (QED) is 0.193. The first-order chi connectivity index (χ1) is 23.1. The van der Waals surface area contributed by atoms with Crippen LogP contribution in [-0.2, 0) is 16.2 Å². The fraction of sp³-hybridized carbons (Fsp3) is 0.279. The highest BCUT2D eigenvalue weighted by atomic mass is 16.3. The van der Waals surface area contributed by atoms with Crippen molar-refractivity contribution in [3.63, 3.8) is 0 Å². The molecule has 0 saturated carbocycles. The average molecular weight is 649 g/mol. The lowest BCUT2D eigenvalue weighted by Crippen LogP contribution is -2.31. The monoisotopic (exact) mass is 648 g/mol. The second-order valence-corrected chi connectivity index (χ2v) is 16.2. The summed E-state index contributed by atoms with van der Waals surface area (Å²) in [6.07, 6.45) is 9.99. The van der Waals surface area contributed by atoms with Gasteiger partial charge in [-0.25, -0.2) is 0 Å². The number of phenols is 1. The number of pyridine rings is 2. The zero-order valence-electron chi connectivity index (χ0n) is 30.1. The molecule has 7 aromatic rings. The third-order valence-corrected chi connectivity index (χ3v) is 9.57. The van der Waals surface area contributed by atoms with Gasteiger partial charge in [-0.2, -0.15) is 9.13 Å². The molecular weight excluding hydrogens is 603 g/mol. The predicted octanol–water partition coefficient (Wildman–Crippen LogP) is 9.91. The van der Waals surface area contributed by atoms with Crippen molar-refractivity contribution in [2.24, 2.45) is 0 Å². The summed E-state index contributed by atoms with van der Waals surface area (Å²) < 4.78 is 6.59. The lowest BCUT2D eigenvalue weighted by molar-refractivity contribution is -0.568. The van der Waals surface area contributed by atoms with Crippen LogP contribution in [0.5, 0.6) is 5.75 Å². The minimum absolute atomic E-state index is 0.00352. The Morgan fingerprint density at radius 2 is 1.33 bits per heavy atom. The number of aromatic hydroxyl groups is 1. The van der Waals surface area contributed by atoms with Crippen LogP contribution in [-0.4, -0.2) is 24.2 Å². The zero-order valence-corrected chi connectivity index (χ0v) is 30.1. The molecular formula is C43H46N5O+. The molecule has 1 N–H and O–H groups in total. The molecule has 0 aliphatic rings. The van der Waals surface area contributed by atoms with Gasteiger partial charge in [-0.1, -0.05) is 92.6 Å². The van der Waals surface area contributed by atoms with Crippen LogP contribution in [0, 0.1) is 0 Å². The second-order valence-electron chi connectivity index (χ2n) is 16.2. The molecule has 3 aromatic carbocycles. The molecule has 49 heavy (non-hydrogen) atoms. The molecule has 0 fully saturated rings.